The van der Waals surface area contributed by atoms with Crippen molar-refractivity contribution < 1.29 is 18.3 Å². The van der Waals surface area contributed by atoms with Crippen molar-refractivity contribution in [3.63, 3.8) is 0 Å². The van der Waals surface area contributed by atoms with Gasteiger partial charge >= 0.3 is 5.97 Å². The van der Waals surface area contributed by atoms with Crippen LogP contribution in [0.4, 0.5) is 0 Å². The minimum Gasteiger partial charge on any atom is -0.480 e. The lowest BCUT2D eigenvalue weighted by atomic mass is 10.3. The predicted octanol–water partition coefficient (Wildman–Crippen LogP) is 0.0180. The molecule has 1 aliphatic rings. The van der Waals surface area contributed by atoms with Crippen LogP contribution in [0.2, 0.25) is 0 Å². The molecule has 5 nitrogen and oxygen atoms in total. The molecular weight excluding hydrogens is 218 g/mol. The van der Waals surface area contributed by atoms with Gasteiger partial charge in [-0.1, -0.05) is 6.92 Å². The van der Waals surface area contributed by atoms with E-state index in [0.717, 1.165) is 0 Å². The Bertz CT molecular complexity index is 332. The van der Waals surface area contributed by atoms with Gasteiger partial charge in [-0.15, -0.1) is 0 Å². The molecule has 1 saturated carbocycles. The summed E-state index contributed by atoms with van der Waals surface area (Å²) in [6.07, 6.45) is 1.79. The normalized spacial score (nSPS) is 18.7. The molecule has 0 atom stereocenters. The minimum absolute atomic E-state index is 0.0237. The standard InChI is InChI=1S/C9H17NO4S/c1-2-6-15(13,14)7-5-10-9(3-4-9)8(11)12/h10H,2-7H2,1H3,(H,11,12). The Labute approximate surface area is 89.8 Å². The molecule has 1 rings (SSSR count). The van der Waals surface area contributed by atoms with Crippen molar-refractivity contribution in [3.8, 4) is 0 Å². The zero-order valence-corrected chi connectivity index (χ0v) is 9.64. The summed E-state index contributed by atoms with van der Waals surface area (Å²) in [4.78, 5) is 10.8. The fraction of sp³-hybridized carbons (Fsp3) is 0.889. The highest BCUT2D eigenvalue weighted by Crippen LogP contribution is 2.35. The smallest absolute Gasteiger partial charge is 0.323 e. The van der Waals surface area contributed by atoms with Crippen LogP contribution in [-0.4, -0.2) is 43.1 Å². The lowest BCUT2D eigenvalue weighted by Crippen LogP contribution is -2.41. The molecule has 1 fully saturated rings. The third kappa shape index (κ3) is 3.46. The Morgan fingerprint density at radius 2 is 2.00 bits per heavy atom. The highest BCUT2D eigenvalue weighted by molar-refractivity contribution is 7.91. The highest BCUT2D eigenvalue weighted by Gasteiger charge is 2.49. The van der Waals surface area contributed by atoms with Gasteiger partial charge in [-0.25, -0.2) is 8.42 Å². The SMILES string of the molecule is CCCS(=O)(=O)CCNC1(C(=O)O)CC1. The molecule has 0 bridgehead atoms. The molecule has 0 aromatic rings. The van der Waals surface area contributed by atoms with Gasteiger partial charge in [0, 0.05) is 12.3 Å². The first-order valence-corrected chi connectivity index (χ1v) is 6.93. The molecule has 6 heteroatoms. The fourth-order valence-corrected chi connectivity index (χ4v) is 2.69. The van der Waals surface area contributed by atoms with Gasteiger partial charge in [0.2, 0.25) is 0 Å². The number of hydrogen-bond donors (Lipinski definition) is 2. The van der Waals surface area contributed by atoms with Gasteiger partial charge in [-0.05, 0) is 19.3 Å². The predicted molar refractivity (Wildman–Crippen MR) is 56.5 cm³/mol. The number of hydrogen-bond acceptors (Lipinski definition) is 4. The second kappa shape index (κ2) is 4.49. The van der Waals surface area contributed by atoms with Gasteiger partial charge in [0.25, 0.3) is 0 Å². The Hall–Kier alpha value is -0.620. The zero-order chi connectivity index (χ0) is 11.5. The maximum absolute atomic E-state index is 11.3. The molecule has 0 spiro atoms. The summed E-state index contributed by atoms with van der Waals surface area (Å²) < 4.78 is 22.6. The van der Waals surface area contributed by atoms with Crippen LogP contribution in [0.3, 0.4) is 0 Å². The molecular formula is C9H17NO4S. The van der Waals surface area contributed by atoms with Gasteiger partial charge in [0.1, 0.15) is 5.54 Å². The summed E-state index contributed by atoms with van der Waals surface area (Å²) in [5, 5.41) is 11.6. The molecule has 15 heavy (non-hydrogen) atoms. The number of sulfone groups is 1. The molecule has 0 saturated heterocycles. The molecule has 2 N–H and O–H groups in total. The van der Waals surface area contributed by atoms with Crippen molar-refractivity contribution in [1.82, 2.24) is 5.32 Å². The van der Waals surface area contributed by atoms with Gasteiger partial charge in [0.15, 0.2) is 9.84 Å². The first kappa shape index (κ1) is 12.4. The van der Waals surface area contributed by atoms with Gasteiger partial charge in [-0.2, -0.15) is 0 Å². The highest BCUT2D eigenvalue weighted by atomic mass is 32.2. The summed E-state index contributed by atoms with van der Waals surface area (Å²) in [6, 6.07) is 0. The van der Waals surface area contributed by atoms with E-state index in [2.05, 4.69) is 5.32 Å². The maximum atomic E-state index is 11.3. The Kier molecular flexibility index (Phi) is 3.72. The Morgan fingerprint density at radius 3 is 2.40 bits per heavy atom. The van der Waals surface area contributed by atoms with Crippen LogP contribution in [0.25, 0.3) is 0 Å². The number of carboxylic acids is 1. The average molecular weight is 235 g/mol. The van der Waals surface area contributed by atoms with E-state index in [1.54, 1.807) is 0 Å². The van der Waals surface area contributed by atoms with E-state index in [1.807, 2.05) is 6.92 Å². The summed E-state index contributed by atoms with van der Waals surface area (Å²) in [6.45, 7) is 2.04. The van der Waals surface area contributed by atoms with Gasteiger partial charge < -0.3 is 10.4 Å². The molecule has 0 aromatic carbocycles. The van der Waals surface area contributed by atoms with Crippen LogP contribution in [0.15, 0.2) is 0 Å². The molecule has 0 aliphatic heterocycles. The second-order valence-electron chi connectivity index (χ2n) is 3.97. The Balaban J connectivity index is 2.31. The number of aliphatic carboxylic acids is 1. The zero-order valence-electron chi connectivity index (χ0n) is 8.82. The van der Waals surface area contributed by atoms with Crippen LogP contribution >= 0.6 is 0 Å². The third-order valence-corrected chi connectivity index (χ3v) is 4.41. The minimum atomic E-state index is -3.01. The van der Waals surface area contributed by atoms with Crippen molar-refractivity contribution in [3.05, 3.63) is 0 Å². The van der Waals surface area contributed by atoms with Crippen LogP contribution in [0.5, 0.6) is 0 Å². The van der Waals surface area contributed by atoms with Crippen LogP contribution in [0.1, 0.15) is 26.2 Å². The first-order valence-electron chi connectivity index (χ1n) is 5.11. The number of carbonyl (C=O) groups is 1. The first-order chi connectivity index (χ1) is 6.92. The van der Waals surface area contributed by atoms with E-state index < -0.39 is 21.3 Å². The number of rotatable bonds is 7. The molecule has 0 amide bonds. The van der Waals surface area contributed by atoms with E-state index >= 15 is 0 Å². The quantitative estimate of drug-likeness (QED) is 0.650. The average Bonchev–Trinajstić information content (AvgIpc) is 2.84. The van der Waals surface area contributed by atoms with Gasteiger partial charge in [-0.3, -0.25) is 4.79 Å². The summed E-state index contributed by atoms with van der Waals surface area (Å²) in [7, 11) is -3.01. The lowest BCUT2D eigenvalue weighted by Gasteiger charge is -2.11. The third-order valence-electron chi connectivity index (χ3n) is 2.55. The molecule has 0 radical (unpaired) electrons. The summed E-state index contributed by atoms with van der Waals surface area (Å²) in [5.74, 6) is -0.680. The fourth-order valence-electron chi connectivity index (χ4n) is 1.45. The van der Waals surface area contributed by atoms with Gasteiger partial charge in [0.05, 0.1) is 5.75 Å². The van der Waals surface area contributed by atoms with Crippen LogP contribution < -0.4 is 5.32 Å². The van der Waals surface area contributed by atoms with Crippen molar-refractivity contribution in [1.29, 1.82) is 0 Å². The molecule has 0 aromatic heterocycles. The molecule has 0 heterocycles. The van der Waals surface area contributed by atoms with Crippen LogP contribution in [0, 0.1) is 0 Å². The van der Waals surface area contributed by atoms with E-state index in [-0.39, 0.29) is 18.1 Å². The Morgan fingerprint density at radius 1 is 1.40 bits per heavy atom. The summed E-state index contributed by atoms with van der Waals surface area (Å²) >= 11 is 0. The lowest BCUT2D eigenvalue weighted by molar-refractivity contribution is -0.140. The molecule has 1 aliphatic carbocycles. The summed E-state index contributed by atoms with van der Waals surface area (Å²) in [5.41, 5.74) is -0.832. The van der Waals surface area contributed by atoms with E-state index in [0.29, 0.717) is 19.3 Å². The monoisotopic (exact) mass is 235 g/mol. The van der Waals surface area contributed by atoms with E-state index in [1.165, 1.54) is 0 Å². The largest absolute Gasteiger partial charge is 0.480 e. The molecule has 0 unspecified atom stereocenters. The van der Waals surface area contributed by atoms with E-state index in [4.69, 9.17) is 5.11 Å². The number of nitrogens with one attached hydrogen (secondary N) is 1. The van der Waals surface area contributed by atoms with Crippen molar-refractivity contribution in [2.75, 3.05) is 18.1 Å². The van der Waals surface area contributed by atoms with Crippen molar-refractivity contribution in [2.24, 2.45) is 0 Å². The topological polar surface area (TPSA) is 83.5 Å². The van der Waals surface area contributed by atoms with Crippen molar-refractivity contribution >= 4 is 15.8 Å². The molecule has 88 valence electrons. The van der Waals surface area contributed by atoms with E-state index in [9.17, 15) is 13.2 Å². The van der Waals surface area contributed by atoms with Crippen molar-refractivity contribution in [2.45, 2.75) is 31.7 Å². The maximum Gasteiger partial charge on any atom is 0.323 e. The number of carboxylic acid groups (broad SMARTS) is 1. The second-order valence-corrected chi connectivity index (χ2v) is 6.27. The van der Waals surface area contributed by atoms with Crippen LogP contribution in [-0.2, 0) is 14.6 Å².